The monoisotopic (exact) mass is 1700 g/mol. The second kappa shape index (κ2) is 27.0. The molecule has 0 saturated carbocycles. The van der Waals surface area contributed by atoms with Gasteiger partial charge < -0.3 is 28.8 Å². The predicted molar refractivity (Wildman–Crippen MR) is 421 cm³/mol. The van der Waals surface area contributed by atoms with Gasteiger partial charge in [0.05, 0.1) is 27.9 Å². The van der Waals surface area contributed by atoms with Crippen LogP contribution in [0.25, 0.3) is 138 Å². The molecule has 0 aliphatic rings. The summed E-state index contributed by atoms with van der Waals surface area (Å²) in [6, 6.07) is 106. The van der Waals surface area contributed by atoms with Crippen molar-refractivity contribution in [1.82, 2.24) is 34.5 Å². The van der Waals surface area contributed by atoms with Gasteiger partial charge in [-0.3, -0.25) is 9.97 Å². The van der Waals surface area contributed by atoms with Crippen molar-refractivity contribution in [2.75, 3.05) is 9.80 Å². The maximum Gasteiger partial charge on any atom is 2.00 e. The smallest absolute Gasteiger partial charge is 0.656 e. The summed E-state index contributed by atoms with van der Waals surface area (Å²) < 4.78 is 8.64. The van der Waals surface area contributed by atoms with Crippen molar-refractivity contribution in [2.45, 2.75) is 52.4 Å². The van der Waals surface area contributed by atoms with Crippen molar-refractivity contribution >= 4 is 133 Å². The van der Waals surface area contributed by atoms with Crippen LogP contribution in [-0.4, -0.2) is 24.5 Å². The van der Waals surface area contributed by atoms with E-state index in [-0.39, 0.29) is 53.0 Å². The first-order valence-electron chi connectivity index (χ1n) is 34.6. The zero-order valence-corrected chi connectivity index (χ0v) is 62.4. The van der Waals surface area contributed by atoms with Crippen LogP contribution in [0.15, 0.2) is 302 Å². The average molecular weight is 1700 g/mol. The number of benzene rings is 11. The van der Waals surface area contributed by atoms with E-state index in [4.69, 9.17) is 34.3 Å². The number of nitrogens with zero attached hydrogens (tertiary/aromatic N) is 9. The second-order valence-corrected chi connectivity index (χ2v) is 28.1. The SMILES string of the molecule is CC(C)(C)c1ccc2[n-]c3c(ccc4c3c3nc(-c5[c-]c(N(c6ccccn6)c6cccc7ccccc67)ccc5)ccc3n4-c3ccccc3)c2c1.CC(C)(C)c1ccc2[n-]c3c(ccc4oc5ccc(-c6[c-]c(N(c7ccccn7)c7ccccc7-c7ccccc7)ccc6)nc5c43)c2c1.[Pt+2].[Pt+2]. The third-order valence-electron chi connectivity index (χ3n) is 19.6. The van der Waals surface area contributed by atoms with Crippen molar-refractivity contribution in [1.29, 1.82) is 0 Å². The van der Waals surface area contributed by atoms with Crippen molar-refractivity contribution in [2.24, 2.45) is 0 Å². The van der Waals surface area contributed by atoms with E-state index in [1.54, 1.807) is 0 Å². The Balaban J connectivity index is 0.000000158. The number of rotatable bonds is 10. The first kappa shape index (κ1) is 67.0. The van der Waals surface area contributed by atoms with Crippen molar-refractivity contribution < 1.29 is 46.5 Å². The third-order valence-corrected chi connectivity index (χ3v) is 19.6. The van der Waals surface area contributed by atoms with E-state index in [9.17, 15) is 0 Å². The standard InChI is InChI=1S/C48H35N5.C44H32N4O.2Pt/c1-48(2,3)33-22-24-40-38(30-33)37-23-26-42-45(46(37)51-40)47-43(52(42)34-16-5-4-6-17-34)27-25-39(50-47)32-15-11-18-35(29-32)53(44-21-9-10-28-49-44)41-20-12-14-31-13-7-8-19-36(31)41;1-44(2,3)30-19-21-36-34(27-30)33-20-23-38-41(42(33)47-36)43-39(49-38)24-22-35(46-43)29-14-11-15-31(26-29)48(40-18-9-10-25-45-40)37-17-8-7-16-32(37)28-12-5-4-6-13-28;;/h4-28,30H,1-3H3;4-25,27H,1-3H3;;/q2*-2;2*+2. The molecule has 104 heavy (non-hydrogen) atoms. The molecular formula is C92H67N9OPt2. The first-order valence-corrected chi connectivity index (χ1v) is 34.6. The molecule has 0 saturated heterocycles. The summed E-state index contributed by atoms with van der Waals surface area (Å²) in [6.07, 6.45) is 3.66. The van der Waals surface area contributed by atoms with Crippen LogP contribution in [0.2, 0.25) is 0 Å². The van der Waals surface area contributed by atoms with E-state index >= 15 is 0 Å². The quantitative estimate of drug-likeness (QED) is 0.124. The molecule has 506 valence electrons. The normalized spacial score (nSPS) is 11.8. The Hall–Kier alpha value is -11.5. The van der Waals surface area contributed by atoms with Gasteiger partial charge >= 0.3 is 42.1 Å². The molecule has 8 aromatic heterocycles. The summed E-state index contributed by atoms with van der Waals surface area (Å²) in [5.74, 6) is 1.62. The molecule has 0 unspecified atom stereocenters. The summed E-state index contributed by atoms with van der Waals surface area (Å²) in [7, 11) is 0. The molecule has 0 fully saturated rings. The molecule has 0 bridgehead atoms. The third kappa shape index (κ3) is 11.9. The van der Waals surface area contributed by atoms with Crippen molar-refractivity contribution in [3.8, 4) is 39.3 Å². The molecule has 0 radical (unpaired) electrons. The Bertz CT molecular complexity index is 6420. The van der Waals surface area contributed by atoms with Crippen molar-refractivity contribution in [3.63, 3.8) is 0 Å². The van der Waals surface area contributed by atoms with Crippen LogP contribution >= 0.6 is 0 Å². The van der Waals surface area contributed by atoms with Gasteiger partial charge in [-0.05, 0) is 150 Å². The average Bonchev–Trinajstić information content (AvgIpc) is 1.56. The molecule has 0 amide bonds. The minimum absolute atomic E-state index is 0. The zero-order chi connectivity index (χ0) is 68.8. The zero-order valence-electron chi connectivity index (χ0n) is 57.9. The van der Waals surface area contributed by atoms with Crippen LogP contribution in [-0.2, 0) is 53.0 Å². The molecule has 0 atom stereocenters. The number of fused-ring (bicyclic) bond motifs is 15. The fourth-order valence-electron chi connectivity index (χ4n) is 14.5. The predicted octanol–water partition coefficient (Wildman–Crippen LogP) is 23.8. The van der Waals surface area contributed by atoms with Gasteiger partial charge in [0, 0.05) is 39.8 Å². The van der Waals surface area contributed by atoms with Gasteiger partial charge in [0.15, 0.2) is 5.58 Å². The minimum atomic E-state index is 0. The molecule has 11 aromatic carbocycles. The number of aromatic nitrogens is 7. The fraction of sp³-hybridized carbons (Fsp3) is 0.0870. The summed E-state index contributed by atoms with van der Waals surface area (Å²) in [6.45, 7) is 13.5. The van der Waals surface area contributed by atoms with Gasteiger partial charge in [-0.1, -0.05) is 217 Å². The molecule has 0 N–H and O–H groups in total. The Kier molecular flexibility index (Phi) is 17.4. The van der Waals surface area contributed by atoms with Crippen LogP contribution in [0, 0.1) is 12.1 Å². The number of pyridine rings is 4. The van der Waals surface area contributed by atoms with Gasteiger partial charge in [-0.25, -0.2) is 9.97 Å². The second-order valence-electron chi connectivity index (χ2n) is 28.1. The van der Waals surface area contributed by atoms with E-state index < -0.39 is 0 Å². The Labute approximate surface area is 631 Å². The molecule has 0 aliphatic carbocycles. The summed E-state index contributed by atoms with van der Waals surface area (Å²) in [5.41, 5.74) is 22.4. The molecule has 0 aliphatic heterocycles. The summed E-state index contributed by atoms with van der Waals surface area (Å²) >= 11 is 0. The van der Waals surface area contributed by atoms with Crippen LogP contribution in [0.4, 0.5) is 34.4 Å². The van der Waals surface area contributed by atoms with Gasteiger partial charge in [-0.2, -0.15) is 0 Å². The molecule has 8 heterocycles. The number of hydrogen-bond donors (Lipinski definition) is 0. The first-order chi connectivity index (χ1) is 49.8. The number of furan rings is 1. The van der Waals surface area contributed by atoms with Gasteiger partial charge in [0.25, 0.3) is 0 Å². The molecular weight excluding hydrogens is 1640 g/mol. The van der Waals surface area contributed by atoms with E-state index in [1.165, 1.54) is 21.9 Å². The van der Waals surface area contributed by atoms with Gasteiger partial charge in [0.1, 0.15) is 22.7 Å². The van der Waals surface area contributed by atoms with E-state index in [2.05, 4.69) is 292 Å². The van der Waals surface area contributed by atoms with Crippen LogP contribution < -0.4 is 19.8 Å². The van der Waals surface area contributed by atoms with Gasteiger partial charge in [0.2, 0.25) is 0 Å². The van der Waals surface area contributed by atoms with Crippen LogP contribution in [0.5, 0.6) is 0 Å². The molecule has 0 spiro atoms. The number of anilines is 6. The fourth-order valence-corrected chi connectivity index (χ4v) is 14.5. The summed E-state index contributed by atoms with van der Waals surface area (Å²) in [4.78, 5) is 35.0. The maximum absolute atomic E-state index is 6.33. The molecule has 19 rings (SSSR count). The molecule has 12 heteroatoms. The van der Waals surface area contributed by atoms with Crippen LogP contribution in [0.3, 0.4) is 0 Å². The Morgan fingerprint density at radius 2 is 0.904 bits per heavy atom. The van der Waals surface area contributed by atoms with E-state index in [1.807, 2.05) is 73.1 Å². The molecule has 10 nitrogen and oxygen atoms in total. The van der Waals surface area contributed by atoms with Crippen molar-refractivity contribution in [3.05, 3.63) is 321 Å². The number of para-hydroxylation sites is 2. The molecule has 19 aromatic rings. The van der Waals surface area contributed by atoms with E-state index in [0.29, 0.717) is 0 Å². The van der Waals surface area contributed by atoms with Gasteiger partial charge in [-0.15, -0.1) is 81.7 Å². The minimum Gasteiger partial charge on any atom is -0.656 e. The topological polar surface area (TPSA) is 104 Å². The van der Waals surface area contributed by atoms with Crippen LogP contribution in [0.1, 0.15) is 52.7 Å². The Morgan fingerprint density at radius 1 is 0.394 bits per heavy atom. The van der Waals surface area contributed by atoms with E-state index in [0.717, 1.165) is 161 Å². The maximum atomic E-state index is 6.33. The number of hydrogen-bond acceptors (Lipinski definition) is 7. The Morgan fingerprint density at radius 3 is 1.54 bits per heavy atom. The summed E-state index contributed by atoms with van der Waals surface area (Å²) in [5, 5.41) is 8.88. The largest absolute Gasteiger partial charge is 2.00 e.